The molecule has 0 atom stereocenters. The van der Waals surface area contributed by atoms with Crippen molar-refractivity contribution in [3.8, 4) is 11.3 Å². The van der Waals surface area contributed by atoms with Gasteiger partial charge in [0.05, 0.1) is 15.9 Å². The Labute approximate surface area is 101 Å². The largest absolute Gasteiger partial charge is 0.302 e. The smallest absolute Gasteiger partial charge is 0.258 e. The Morgan fingerprint density at radius 3 is 2.22 bits per heavy atom. The lowest BCUT2D eigenvalue weighted by Gasteiger charge is -2.01. The van der Waals surface area contributed by atoms with Gasteiger partial charge in [-0.2, -0.15) is 0 Å². The van der Waals surface area contributed by atoms with Crippen LogP contribution in [-0.2, 0) is 0 Å². The zero-order valence-corrected chi connectivity index (χ0v) is 9.02. The Morgan fingerprint density at radius 2 is 1.67 bits per heavy atom. The van der Waals surface area contributed by atoms with Crippen molar-refractivity contribution in [1.29, 1.82) is 0 Å². The molecule has 0 aliphatic carbocycles. The van der Waals surface area contributed by atoms with Gasteiger partial charge in [0.1, 0.15) is 11.9 Å². The molecule has 0 aliphatic heterocycles. The maximum Gasteiger partial charge on any atom is 0.302 e. The highest BCUT2D eigenvalue weighted by molar-refractivity contribution is 5.70. The molecule has 0 spiro atoms. The Kier molecular flexibility index (Phi) is 2.96. The van der Waals surface area contributed by atoms with E-state index >= 15 is 0 Å². The Balaban J connectivity index is 2.61. The fourth-order valence-electron chi connectivity index (χ4n) is 1.50. The number of hydrogen-bond acceptors (Lipinski definition) is 5. The Bertz CT molecular complexity index is 613. The molecule has 2 aromatic rings. The van der Waals surface area contributed by atoms with Crippen molar-refractivity contribution in [3.05, 3.63) is 62.8 Å². The van der Waals surface area contributed by atoms with Crippen LogP contribution < -0.4 is 0 Å². The average molecular weight is 245 g/mol. The molecule has 0 aliphatic rings. The van der Waals surface area contributed by atoms with Gasteiger partial charge in [0.15, 0.2) is 0 Å². The fraction of sp³-hybridized carbons (Fsp3) is 0. The van der Waals surface area contributed by atoms with E-state index in [9.17, 15) is 20.2 Å². The lowest BCUT2D eigenvalue weighted by molar-refractivity contribution is -0.394. The minimum absolute atomic E-state index is 0.117. The van der Waals surface area contributed by atoms with Crippen molar-refractivity contribution in [1.82, 2.24) is 4.98 Å². The third-order valence-corrected chi connectivity index (χ3v) is 2.31. The van der Waals surface area contributed by atoms with Gasteiger partial charge in [-0.15, -0.1) is 0 Å². The standard InChI is InChI=1S/C11H7N3O4/c15-13(16)9-6-10(14(17)18)11(12-7-9)8-4-2-1-3-5-8/h1-7H. The predicted octanol–water partition coefficient (Wildman–Crippen LogP) is 2.57. The van der Waals surface area contributed by atoms with Gasteiger partial charge in [-0.3, -0.25) is 20.2 Å². The first-order valence-corrected chi connectivity index (χ1v) is 4.94. The van der Waals surface area contributed by atoms with E-state index in [1.807, 2.05) is 0 Å². The minimum Gasteiger partial charge on any atom is -0.258 e. The molecular formula is C11H7N3O4. The summed E-state index contributed by atoms with van der Waals surface area (Å²) in [6, 6.07) is 9.41. The molecule has 1 heterocycles. The molecule has 18 heavy (non-hydrogen) atoms. The van der Waals surface area contributed by atoms with E-state index in [1.165, 1.54) is 0 Å². The monoisotopic (exact) mass is 245 g/mol. The van der Waals surface area contributed by atoms with Gasteiger partial charge in [0.25, 0.3) is 5.69 Å². The molecular weight excluding hydrogens is 238 g/mol. The number of nitrogens with zero attached hydrogens (tertiary/aromatic N) is 3. The lowest BCUT2D eigenvalue weighted by atomic mass is 10.1. The van der Waals surface area contributed by atoms with E-state index in [2.05, 4.69) is 4.98 Å². The Hall–Kier alpha value is -2.83. The molecule has 1 aromatic carbocycles. The van der Waals surface area contributed by atoms with Crippen molar-refractivity contribution in [2.75, 3.05) is 0 Å². The first-order valence-electron chi connectivity index (χ1n) is 4.94. The van der Waals surface area contributed by atoms with Gasteiger partial charge in [-0.05, 0) is 0 Å². The van der Waals surface area contributed by atoms with E-state index in [1.54, 1.807) is 30.3 Å². The summed E-state index contributed by atoms with van der Waals surface area (Å²) in [6.07, 6.45) is 1.01. The highest BCUT2D eigenvalue weighted by Crippen LogP contribution is 2.30. The second-order valence-corrected chi connectivity index (χ2v) is 3.44. The fourth-order valence-corrected chi connectivity index (χ4v) is 1.50. The summed E-state index contributed by atoms with van der Waals surface area (Å²) in [5, 5.41) is 21.5. The first-order chi connectivity index (χ1) is 8.59. The van der Waals surface area contributed by atoms with Crippen LogP contribution in [-0.4, -0.2) is 14.8 Å². The summed E-state index contributed by atoms with van der Waals surface area (Å²) in [6.45, 7) is 0. The van der Waals surface area contributed by atoms with E-state index in [4.69, 9.17) is 0 Å². The first kappa shape index (κ1) is 11.6. The summed E-state index contributed by atoms with van der Waals surface area (Å²) in [5.41, 5.74) is -0.123. The van der Waals surface area contributed by atoms with Crippen LogP contribution in [0.5, 0.6) is 0 Å². The van der Waals surface area contributed by atoms with Crippen LogP contribution in [0.1, 0.15) is 0 Å². The molecule has 1 aromatic heterocycles. The van der Waals surface area contributed by atoms with Crippen LogP contribution in [0.3, 0.4) is 0 Å². The number of pyridine rings is 1. The van der Waals surface area contributed by atoms with Gasteiger partial charge < -0.3 is 0 Å². The molecule has 0 bridgehead atoms. The number of benzene rings is 1. The third-order valence-electron chi connectivity index (χ3n) is 2.31. The number of rotatable bonds is 3. The van der Waals surface area contributed by atoms with E-state index in [-0.39, 0.29) is 11.4 Å². The van der Waals surface area contributed by atoms with Crippen LogP contribution in [0, 0.1) is 20.2 Å². The zero-order valence-electron chi connectivity index (χ0n) is 9.02. The van der Waals surface area contributed by atoms with Gasteiger partial charge in [0, 0.05) is 5.56 Å². The van der Waals surface area contributed by atoms with Crippen LogP contribution in [0.4, 0.5) is 11.4 Å². The third kappa shape index (κ3) is 2.14. The number of nitro groups is 2. The summed E-state index contributed by atoms with van der Waals surface area (Å²) in [7, 11) is 0. The van der Waals surface area contributed by atoms with E-state index < -0.39 is 15.5 Å². The lowest BCUT2D eigenvalue weighted by Crippen LogP contribution is -1.97. The molecule has 0 amide bonds. The Morgan fingerprint density at radius 1 is 1.00 bits per heavy atom. The normalized spacial score (nSPS) is 10.0. The maximum absolute atomic E-state index is 10.9. The summed E-state index contributed by atoms with van der Waals surface area (Å²) >= 11 is 0. The van der Waals surface area contributed by atoms with Crippen molar-refractivity contribution >= 4 is 11.4 Å². The van der Waals surface area contributed by atoms with Gasteiger partial charge in [0.2, 0.25) is 0 Å². The van der Waals surface area contributed by atoms with Crippen LogP contribution >= 0.6 is 0 Å². The number of aromatic nitrogens is 1. The van der Waals surface area contributed by atoms with Crippen LogP contribution in [0.2, 0.25) is 0 Å². The molecule has 90 valence electrons. The second-order valence-electron chi connectivity index (χ2n) is 3.44. The van der Waals surface area contributed by atoms with Crippen molar-refractivity contribution in [2.24, 2.45) is 0 Å². The molecule has 0 saturated heterocycles. The minimum atomic E-state index is -0.714. The SMILES string of the molecule is O=[N+]([O-])c1cnc(-c2ccccc2)c([N+](=O)[O-])c1. The maximum atomic E-state index is 10.9. The van der Waals surface area contributed by atoms with E-state index in [0.717, 1.165) is 12.3 Å². The molecule has 0 saturated carbocycles. The zero-order chi connectivity index (χ0) is 13.1. The van der Waals surface area contributed by atoms with Crippen molar-refractivity contribution in [2.45, 2.75) is 0 Å². The highest BCUT2D eigenvalue weighted by atomic mass is 16.6. The summed E-state index contributed by atoms with van der Waals surface area (Å²) in [5.74, 6) is 0. The predicted molar refractivity (Wildman–Crippen MR) is 63.0 cm³/mol. The van der Waals surface area contributed by atoms with Crippen LogP contribution in [0.25, 0.3) is 11.3 Å². The summed E-state index contributed by atoms with van der Waals surface area (Å²) in [4.78, 5) is 23.9. The molecule has 0 radical (unpaired) electrons. The van der Waals surface area contributed by atoms with Crippen molar-refractivity contribution in [3.63, 3.8) is 0 Å². The molecule has 0 fully saturated rings. The van der Waals surface area contributed by atoms with Crippen LogP contribution in [0.15, 0.2) is 42.6 Å². The molecule has 0 N–H and O–H groups in total. The molecule has 7 heteroatoms. The number of hydrogen-bond donors (Lipinski definition) is 0. The van der Waals surface area contributed by atoms with E-state index in [0.29, 0.717) is 5.56 Å². The average Bonchev–Trinajstić information content (AvgIpc) is 2.39. The second kappa shape index (κ2) is 4.58. The molecule has 0 unspecified atom stereocenters. The molecule has 7 nitrogen and oxygen atoms in total. The topological polar surface area (TPSA) is 99.2 Å². The molecule has 2 rings (SSSR count). The van der Waals surface area contributed by atoms with Crippen molar-refractivity contribution < 1.29 is 9.85 Å². The van der Waals surface area contributed by atoms with Gasteiger partial charge in [-0.1, -0.05) is 30.3 Å². The highest BCUT2D eigenvalue weighted by Gasteiger charge is 2.21. The van der Waals surface area contributed by atoms with Gasteiger partial charge in [-0.25, -0.2) is 4.98 Å². The van der Waals surface area contributed by atoms with Gasteiger partial charge >= 0.3 is 5.69 Å². The summed E-state index contributed by atoms with van der Waals surface area (Å²) < 4.78 is 0. The quantitative estimate of drug-likeness (QED) is 0.611.